The monoisotopic (exact) mass is 214 g/mol. The Morgan fingerprint density at radius 1 is 1.12 bits per heavy atom. The molecule has 0 aliphatic carbocycles. The van der Waals surface area contributed by atoms with Gasteiger partial charge in [0.1, 0.15) is 11.5 Å². The van der Waals surface area contributed by atoms with Crippen LogP contribution in [0.15, 0.2) is 36.1 Å². The van der Waals surface area contributed by atoms with Gasteiger partial charge in [0.05, 0.1) is 0 Å². The quantitative estimate of drug-likeness (QED) is 0.668. The summed E-state index contributed by atoms with van der Waals surface area (Å²) in [5.74, 6) is 2.24. The molecule has 0 saturated heterocycles. The number of ether oxygens (including phenoxy) is 1. The maximum atomic E-state index is 5.75. The van der Waals surface area contributed by atoms with Crippen molar-refractivity contribution >= 4 is 5.57 Å². The molecule has 0 fully saturated rings. The summed E-state index contributed by atoms with van der Waals surface area (Å²) in [6.45, 7) is 12.5. The van der Waals surface area contributed by atoms with Crippen molar-refractivity contribution in [3.63, 3.8) is 0 Å². The lowest BCUT2D eigenvalue weighted by Crippen LogP contribution is -2.06. The summed E-state index contributed by atoms with van der Waals surface area (Å²) in [6.07, 6.45) is 0. The molecule has 0 radical (unpaired) electrons. The van der Waals surface area contributed by atoms with E-state index in [1.165, 1.54) is 16.7 Å². The zero-order valence-corrected chi connectivity index (χ0v) is 10.4. The molecule has 0 aromatic heterocycles. The third kappa shape index (κ3) is 1.67. The number of benzene rings is 1. The number of hydrogen-bond donors (Lipinski definition) is 0. The summed E-state index contributed by atoms with van der Waals surface area (Å²) in [7, 11) is 0. The molecule has 0 amide bonds. The fraction of sp³-hybridized carbons (Fsp3) is 0.333. The zero-order chi connectivity index (χ0) is 11.9. The van der Waals surface area contributed by atoms with Crippen LogP contribution in [0.2, 0.25) is 0 Å². The molecular weight excluding hydrogens is 196 g/mol. The van der Waals surface area contributed by atoms with Crippen molar-refractivity contribution in [3.05, 3.63) is 47.2 Å². The van der Waals surface area contributed by atoms with E-state index in [2.05, 4.69) is 52.5 Å². The van der Waals surface area contributed by atoms with Crippen LogP contribution in [0.4, 0.5) is 0 Å². The van der Waals surface area contributed by atoms with Crippen molar-refractivity contribution in [2.45, 2.75) is 33.6 Å². The van der Waals surface area contributed by atoms with Crippen molar-refractivity contribution in [1.82, 2.24) is 0 Å². The zero-order valence-electron chi connectivity index (χ0n) is 10.4. The molecule has 1 heteroatoms. The molecule has 0 saturated carbocycles. The molecule has 2 rings (SSSR count). The van der Waals surface area contributed by atoms with E-state index in [0.717, 1.165) is 17.1 Å². The topological polar surface area (TPSA) is 9.23 Å². The van der Waals surface area contributed by atoms with E-state index in [9.17, 15) is 0 Å². The normalized spacial score (nSPS) is 15.2. The van der Waals surface area contributed by atoms with Crippen molar-refractivity contribution < 1.29 is 4.74 Å². The number of rotatable bonds is 1. The molecule has 0 atom stereocenters. The molecule has 0 unspecified atom stereocenters. The van der Waals surface area contributed by atoms with E-state index in [1.54, 1.807) is 0 Å². The molecule has 1 aliphatic heterocycles. The Hall–Kier alpha value is -1.50. The summed E-state index contributed by atoms with van der Waals surface area (Å²) >= 11 is 0. The first-order chi connectivity index (χ1) is 7.50. The number of hydrogen-bond acceptors (Lipinski definition) is 1. The average Bonchev–Trinajstić information content (AvgIpc) is 2.25. The second-order valence-electron chi connectivity index (χ2n) is 4.69. The molecule has 16 heavy (non-hydrogen) atoms. The predicted octanol–water partition coefficient (Wildman–Crippen LogP) is 4.51. The summed E-state index contributed by atoms with van der Waals surface area (Å²) in [5, 5.41) is 0. The van der Waals surface area contributed by atoms with Crippen molar-refractivity contribution in [2.75, 3.05) is 0 Å². The Bertz CT molecular complexity index is 478. The van der Waals surface area contributed by atoms with Crippen LogP contribution >= 0.6 is 0 Å². The molecular formula is C15H18O. The van der Waals surface area contributed by atoms with Crippen LogP contribution in [-0.2, 0) is 0 Å². The second kappa shape index (κ2) is 3.82. The fourth-order valence-electron chi connectivity index (χ4n) is 1.91. The Morgan fingerprint density at radius 2 is 1.81 bits per heavy atom. The highest BCUT2D eigenvalue weighted by Crippen LogP contribution is 2.38. The van der Waals surface area contributed by atoms with Gasteiger partial charge in [-0.2, -0.15) is 0 Å². The van der Waals surface area contributed by atoms with Crippen LogP contribution in [0, 0.1) is 0 Å². The van der Waals surface area contributed by atoms with Gasteiger partial charge in [0, 0.05) is 5.56 Å². The minimum atomic E-state index is 0.523. The molecule has 0 N–H and O–H groups in total. The first-order valence-corrected chi connectivity index (χ1v) is 5.69. The van der Waals surface area contributed by atoms with Gasteiger partial charge < -0.3 is 4.74 Å². The lowest BCUT2D eigenvalue weighted by molar-refractivity contribution is 0.431. The summed E-state index contributed by atoms with van der Waals surface area (Å²) in [4.78, 5) is 0. The van der Waals surface area contributed by atoms with Gasteiger partial charge in [0.25, 0.3) is 0 Å². The smallest absolute Gasteiger partial charge is 0.135 e. The summed E-state index contributed by atoms with van der Waals surface area (Å²) in [5.41, 5.74) is 4.90. The van der Waals surface area contributed by atoms with E-state index < -0.39 is 0 Å². The molecule has 1 heterocycles. The highest BCUT2D eigenvalue weighted by atomic mass is 16.5. The first kappa shape index (κ1) is 11.0. The van der Waals surface area contributed by atoms with Gasteiger partial charge in [-0.05, 0) is 42.5 Å². The minimum Gasteiger partial charge on any atom is -0.457 e. The van der Waals surface area contributed by atoms with E-state index in [1.807, 2.05) is 0 Å². The average molecular weight is 214 g/mol. The van der Waals surface area contributed by atoms with Gasteiger partial charge in [-0.15, -0.1) is 0 Å². The number of fused-ring (bicyclic) bond motifs is 1. The van der Waals surface area contributed by atoms with Gasteiger partial charge in [0.2, 0.25) is 0 Å². The van der Waals surface area contributed by atoms with Crippen LogP contribution in [0.3, 0.4) is 0 Å². The minimum absolute atomic E-state index is 0.523. The van der Waals surface area contributed by atoms with Crippen molar-refractivity contribution in [3.8, 4) is 5.75 Å². The van der Waals surface area contributed by atoms with Crippen LogP contribution in [0.5, 0.6) is 5.75 Å². The standard InChI is InChI=1S/C15H18O/c1-9(2)13-6-7-14-11(4)10(3)12(5)16-15(14)8-13/h6-9H,5H2,1-4H3. The van der Waals surface area contributed by atoms with Gasteiger partial charge >= 0.3 is 0 Å². The van der Waals surface area contributed by atoms with Crippen LogP contribution in [0.1, 0.15) is 44.7 Å². The fourth-order valence-corrected chi connectivity index (χ4v) is 1.91. The SMILES string of the molecule is C=C1Oc2cc(C(C)C)ccc2C(C)=C1C. The van der Waals surface area contributed by atoms with Gasteiger partial charge in [-0.3, -0.25) is 0 Å². The molecule has 0 bridgehead atoms. The van der Waals surface area contributed by atoms with E-state index in [-0.39, 0.29) is 0 Å². The van der Waals surface area contributed by atoms with Gasteiger partial charge in [0.15, 0.2) is 0 Å². The molecule has 0 spiro atoms. The third-order valence-electron chi connectivity index (χ3n) is 3.29. The van der Waals surface area contributed by atoms with Gasteiger partial charge in [-0.1, -0.05) is 32.6 Å². The second-order valence-corrected chi connectivity index (χ2v) is 4.69. The Labute approximate surface area is 97.4 Å². The molecule has 1 aliphatic rings. The Kier molecular flexibility index (Phi) is 2.63. The predicted molar refractivity (Wildman–Crippen MR) is 68.6 cm³/mol. The third-order valence-corrected chi connectivity index (χ3v) is 3.29. The Balaban J connectivity index is 2.56. The highest BCUT2D eigenvalue weighted by molar-refractivity contribution is 5.76. The lowest BCUT2D eigenvalue weighted by Gasteiger charge is -2.23. The van der Waals surface area contributed by atoms with E-state index in [0.29, 0.717) is 5.92 Å². The van der Waals surface area contributed by atoms with Gasteiger partial charge in [-0.25, -0.2) is 0 Å². The molecule has 1 nitrogen and oxygen atoms in total. The maximum Gasteiger partial charge on any atom is 0.135 e. The van der Waals surface area contributed by atoms with Crippen LogP contribution in [-0.4, -0.2) is 0 Å². The highest BCUT2D eigenvalue weighted by Gasteiger charge is 2.18. The first-order valence-electron chi connectivity index (χ1n) is 5.69. The molecule has 1 aromatic carbocycles. The van der Waals surface area contributed by atoms with Crippen LogP contribution < -0.4 is 4.74 Å². The van der Waals surface area contributed by atoms with Crippen molar-refractivity contribution in [2.24, 2.45) is 0 Å². The van der Waals surface area contributed by atoms with E-state index >= 15 is 0 Å². The Morgan fingerprint density at radius 3 is 2.44 bits per heavy atom. The van der Waals surface area contributed by atoms with Crippen molar-refractivity contribution in [1.29, 1.82) is 0 Å². The summed E-state index contributed by atoms with van der Waals surface area (Å²) in [6, 6.07) is 6.45. The van der Waals surface area contributed by atoms with E-state index in [4.69, 9.17) is 4.74 Å². The molecule has 84 valence electrons. The van der Waals surface area contributed by atoms with Crippen LogP contribution in [0.25, 0.3) is 5.57 Å². The lowest BCUT2D eigenvalue weighted by atomic mass is 9.94. The molecule has 1 aromatic rings. The maximum absolute atomic E-state index is 5.75. The summed E-state index contributed by atoms with van der Waals surface area (Å²) < 4.78 is 5.75. The largest absolute Gasteiger partial charge is 0.457 e. The number of allylic oxidation sites excluding steroid dienone is 2.